The molecule has 0 spiro atoms. The van der Waals surface area contributed by atoms with Crippen molar-refractivity contribution in [2.75, 3.05) is 37.6 Å². The minimum Gasteiger partial charge on any atom is -0.343 e. The molecule has 1 fully saturated rings. The lowest BCUT2D eigenvalue weighted by Crippen LogP contribution is -2.54. The van der Waals surface area contributed by atoms with Gasteiger partial charge in [0.25, 0.3) is 0 Å². The Morgan fingerprint density at radius 2 is 1.75 bits per heavy atom. The molecular formula is C15H29Cl2N5OS. The van der Waals surface area contributed by atoms with Crippen LogP contribution in [0.3, 0.4) is 0 Å². The van der Waals surface area contributed by atoms with Gasteiger partial charge in [0, 0.05) is 50.7 Å². The van der Waals surface area contributed by atoms with Crippen LogP contribution >= 0.6 is 36.3 Å². The zero-order chi connectivity index (χ0) is 16.2. The molecule has 1 amide bonds. The van der Waals surface area contributed by atoms with Crippen LogP contribution in [0.15, 0.2) is 0 Å². The maximum atomic E-state index is 12.8. The zero-order valence-corrected chi connectivity index (χ0v) is 17.1. The molecule has 0 aliphatic carbocycles. The third-order valence-corrected chi connectivity index (χ3v) is 5.62. The Morgan fingerprint density at radius 3 is 2.17 bits per heavy atom. The number of hydrogen-bond acceptors (Lipinski definition) is 6. The van der Waals surface area contributed by atoms with Crippen LogP contribution in [-0.2, 0) is 11.2 Å². The summed E-state index contributed by atoms with van der Waals surface area (Å²) in [6, 6.07) is 0. The number of aromatic nitrogens is 2. The standard InChI is InChI=1S/C15H27N5OS.2ClH/c1-4-12-17-14(22-18-12)20-9-7-19(8-10-20)13(21)15(5-2,6-3)11-16;;/h4-11,16H2,1-3H3;2*1H. The highest BCUT2D eigenvalue weighted by Gasteiger charge is 2.38. The molecule has 9 heteroatoms. The lowest BCUT2D eigenvalue weighted by molar-refractivity contribution is -0.142. The first-order valence-electron chi connectivity index (χ1n) is 8.17. The maximum Gasteiger partial charge on any atom is 0.230 e. The first-order valence-corrected chi connectivity index (χ1v) is 8.94. The fourth-order valence-electron chi connectivity index (χ4n) is 2.88. The fourth-order valence-corrected chi connectivity index (χ4v) is 3.68. The summed E-state index contributed by atoms with van der Waals surface area (Å²) >= 11 is 1.45. The summed E-state index contributed by atoms with van der Waals surface area (Å²) in [5, 5.41) is 0.972. The lowest BCUT2D eigenvalue weighted by Gasteiger charge is -2.40. The average molecular weight is 398 g/mol. The van der Waals surface area contributed by atoms with Gasteiger partial charge < -0.3 is 15.5 Å². The van der Waals surface area contributed by atoms with Crippen LogP contribution in [0.5, 0.6) is 0 Å². The number of carbonyl (C=O) groups excluding carboxylic acids is 1. The van der Waals surface area contributed by atoms with E-state index in [2.05, 4.69) is 35.0 Å². The van der Waals surface area contributed by atoms with Crippen LogP contribution in [0.25, 0.3) is 0 Å². The molecular weight excluding hydrogens is 369 g/mol. The van der Waals surface area contributed by atoms with Gasteiger partial charge in [-0.15, -0.1) is 24.8 Å². The van der Waals surface area contributed by atoms with Crippen LogP contribution in [-0.4, -0.2) is 52.9 Å². The van der Waals surface area contributed by atoms with Crippen molar-refractivity contribution in [1.82, 2.24) is 14.3 Å². The highest BCUT2D eigenvalue weighted by atomic mass is 35.5. The molecule has 0 saturated carbocycles. The second-order valence-corrected chi connectivity index (χ2v) is 6.55. The van der Waals surface area contributed by atoms with Crippen molar-refractivity contribution in [3.05, 3.63) is 5.82 Å². The van der Waals surface area contributed by atoms with Crippen LogP contribution in [0.2, 0.25) is 0 Å². The molecule has 0 aromatic carbocycles. The summed E-state index contributed by atoms with van der Waals surface area (Å²) in [4.78, 5) is 21.5. The Labute approximate surface area is 161 Å². The first kappa shape index (κ1) is 23.4. The molecule has 2 N–H and O–H groups in total. The topological polar surface area (TPSA) is 75.4 Å². The molecule has 1 saturated heterocycles. The van der Waals surface area contributed by atoms with E-state index in [4.69, 9.17) is 5.73 Å². The number of aryl methyl sites for hydroxylation is 1. The number of hydrogen-bond donors (Lipinski definition) is 1. The summed E-state index contributed by atoms with van der Waals surface area (Å²) in [6.07, 6.45) is 2.46. The van der Waals surface area contributed by atoms with E-state index in [0.29, 0.717) is 6.54 Å². The number of nitrogens with two attached hydrogens (primary N) is 1. The zero-order valence-electron chi connectivity index (χ0n) is 14.7. The van der Waals surface area contributed by atoms with Crippen LogP contribution in [0, 0.1) is 5.41 Å². The van der Waals surface area contributed by atoms with Gasteiger partial charge in [-0.2, -0.15) is 4.37 Å². The van der Waals surface area contributed by atoms with Crippen molar-refractivity contribution in [2.24, 2.45) is 11.1 Å². The SMILES string of the molecule is CCc1nsc(N2CCN(C(=O)C(CC)(CC)CN)CC2)n1.Cl.Cl. The van der Waals surface area contributed by atoms with E-state index in [0.717, 1.165) is 56.4 Å². The van der Waals surface area contributed by atoms with Gasteiger partial charge in [0.2, 0.25) is 11.0 Å². The number of amides is 1. The Balaban J connectivity index is 0.00000264. The number of piperazine rings is 1. The largest absolute Gasteiger partial charge is 0.343 e. The predicted octanol–water partition coefficient (Wildman–Crippen LogP) is 2.36. The van der Waals surface area contributed by atoms with Crippen molar-refractivity contribution >= 4 is 47.4 Å². The first-order chi connectivity index (χ1) is 10.6. The van der Waals surface area contributed by atoms with E-state index in [9.17, 15) is 4.79 Å². The fraction of sp³-hybridized carbons (Fsp3) is 0.800. The second kappa shape index (κ2) is 10.4. The monoisotopic (exact) mass is 397 g/mol. The van der Waals surface area contributed by atoms with Gasteiger partial charge in [-0.3, -0.25) is 4.79 Å². The van der Waals surface area contributed by atoms with Gasteiger partial charge in [-0.25, -0.2) is 4.98 Å². The molecule has 1 aromatic rings. The highest BCUT2D eigenvalue weighted by molar-refractivity contribution is 7.09. The molecule has 2 rings (SSSR count). The minimum atomic E-state index is -0.389. The highest BCUT2D eigenvalue weighted by Crippen LogP contribution is 2.29. The van der Waals surface area contributed by atoms with Crippen molar-refractivity contribution in [3.63, 3.8) is 0 Å². The van der Waals surface area contributed by atoms with E-state index < -0.39 is 0 Å². The Kier molecular flexibility index (Phi) is 10.1. The van der Waals surface area contributed by atoms with E-state index >= 15 is 0 Å². The van der Waals surface area contributed by atoms with Crippen LogP contribution in [0.4, 0.5) is 5.13 Å². The predicted molar refractivity (Wildman–Crippen MR) is 105 cm³/mol. The Morgan fingerprint density at radius 1 is 1.17 bits per heavy atom. The molecule has 24 heavy (non-hydrogen) atoms. The summed E-state index contributed by atoms with van der Waals surface area (Å²) in [7, 11) is 0. The molecule has 0 radical (unpaired) electrons. The van der Waals surface area contributed by atoms with Crippen molar-refractivity contribution in [2.45, 2.75) is 40.0 Å². The van der Waals surface area contributed by atoms with Crippen LogP contribution < -0.4 is 10.6 Å². The van der Waals surface area contributed by atoms with Gasteiger partial charge in [0.05, 0.1) is 5.41 Å². The molecule has 1 aliphatic rings. The van der Waals surface area contributed by atoms with Gasteiger partial charge in [-0.05, 0) is 12.8 Å². The van der Waals surface area contributed by atoms with E-state index in [1.54, 1.807) is 0 Å². The molecule has 140 valence electrons. The number of rotatable bonds is 6. The summed E-state index contributed by atoms with van der Waals surface area (Å²) in [6.45, 7) is 9.70. The molecule has 0 unspecified atom stereocenters. The van der Waals surface area contributed by atoms with Crippen molar-refractivity contribution in [1.29, 1.82) is 0 Å². The third-order valence-electron chi connectivity index (χ3n) is 4.81. The minimum absolute atomic E-state index is 0. The summed E-state index contributed by atoms with van der Waals surface area (Å²) < 4.78 is 4.33. The number of carbonyl (C=O) groups is 1. The van der Waals surface area contributed by atoms with Gasteiger partial charge >= 0.3 is 0 Å². The average Bonchev–Trinajstić information content (AvgIpc) is 3.06. The molecule has 6 nitrogen and oxygen atoms in total. The Bertz CT molecular complexity index is 494. The van der Waals surface area contributed by atoms with E-state index in [1.807, 2.05) is 4.90 Å². The molecule has 0 bridgehead atoms. The summed E-state index contributed by atoms with van der Waals surface area (Å²) in [5.41, 5.74) is 5.51. The molecule has 1 aromatic heterocycles. The lowest BCUT2D eigenvalue weighted by atomic mass is 9.81. The summed E-state index contributed by atoms with van der Waals surface area (Å²) in [5.74, 6) is 1.11. The van der Waals surface area contributed by atoms with Gasteiger partial charge in [0.1, 0.15) is 5.82 Å². The van der Waals surface area contributed by atoms with Gasteiger partial charge in [-0.1, -0.05) is 20.8 Å². The normalized spacial score (nSPS) is 14.8. The molecule has 1 aliphatic heterocycles. The van der Waals surface area contributed by atoms with E-state index in [-0.39, 0.29) is 36.1 Å². The third kappa shape index (κ3) is 4.71. The van der Waals surface area contributed by atoms with E-state index in [1.165, 1.54) is 11.5 Å². The van der Waals surface area contributed by atoms with Gasteiger partial charge in [0.15, 0.2) is 0 Å². The maximum absolute atomic E-state index is 12.8. The molecule has 0 atom stereocenters. The van der Waals surface area contributed by atoms with Crippen molar-refractivity contribution < 1.29 is 4.79 Å². The Hall–Kier alpha value is -0.630. The molecule has 2 heterocycles. The second-order valence-electron chi connectivity index (χ2n) is 5.82. The number of halogens is 2. The quantitative estimate of drug-likeness (QED) is 0.796. The number of nitrogens with zero attached hydrogens (tertiary/aromatic N) is 4. The van der Waals surface area contributed by atoms with Crippen LogP contribution in [0.1, 0.15) is 39.4 Å². The van der Waals surface area contributed by atoms with Crippen molar-refractivity contribution in [3.8, 4) is 0 Å². The smallest absolute Gasteiger partial charge is 0.230 e. The number of anilines is 1.